The van der Waals surface area contributed by atoms with E-state index in [-0.39, 0.29) is 0 Å². The third-order valence-corrected chi connectivity index (χ3v) is 4.23. The van der Waals surface area contributed by atoms with Crippen molar-refractivity contribution in [3.8, 4) is 11.1 Å². The molecule has 0 spiro atoms. The Hall–Kier alpha value is -1.60. The van der Waals surface area contributed by atoms with Crippen molar-refractivity contribution >= 4 is 0 Å². The molecule has 1 fully saturated rings. The van der Waals surface area contributed by atoms with E-state index in [2.05, 4.69) is 59.5 Å². The standard InChI is InChI=1S/C19H23N/c1-3-7-18(8-4-1)19-11-9-17(10-12-19)13-16-20-14-5-2-6-15-20/h1,3-4,7-12H,2,5-6,13-16H2. The van der Waals surface area contributed by atoms with Gasteiger partial charge in [0, 0.05) is 6.54 Å². The first kappa shape index (κ1) is 13.4. The van der Waals surface area contributed by atoms with E-state index in [9.17, 15) is 0 Å². The Morgan fingerprint density at radius 2 is 1.35 bits per heavy atom. The molecule has 1 heteroatoms. The van der Waals surface area contributed by atoms with E-state index in [1.54, 1.807) is 0 Å². The Morgan fingerprint density at radius 3 is 2.05 bits per heavy atom. The predicted molar refractivity (Wildman–Crippen MR) is 85.9 cm³/mol. The quantitative estimate of drug-likeness (QED) is 0.793. The molecule has 3 rings (SSSR count). The fourth-order valence-electron chi connectivity index (χ4n) is 2.96. The summed E-state index contributed by atoms with van der Waals surface area (Å²) in [4.78, 5) is 2.61. The van der Waals surface area contributed by atoms with Crippen molar-refractivity contribution in [2.24, 2.45) is 0 Å². The highest BCUT2D eigenvalue weighted by molar-refractivity contribution is 5.63. The number of rotatable bonds is 4. The molecule has 1 nitrogen and oxygen atoms in total. The molecule has 0 amide bonds. The molecule has 1 aliphatic heterocycles. The fraction of sp³-hybridized carbons (Fsp3) is 0.368. The average molecular weight is 265 g/mol. The van der Waals surface area contributed by atoms with Crippen molar-refractivity contribution in [3.63, 3.8) is 0 Å². The lowest BCUT2D eigenvalue weighted by Gasteiger charge is -2.26. The predicted octanol–water partition coefficient (Wildman–Crippen LogP) is 4.38. The number of nitrogens with zero attached hydrogens (tertiary/aromatic N) is 1. The number of benzene rings is 2. The van der Waals surface area contributed by atoms with Crippen molar-refractivity contribution in [2.45, 2.75) is 25.7 Å². The Bertz CT molecular complexity index is 509. The highest BCUT2D eigenvalue weighted by Gasteiger charge is 2.09. The van der Waals surface area contributed by atoms with E-state index < -0.39 is 0 Å². The summed E-state index contributed by atoms with van der Waals surface area (Å²) < 4.78 is 0. The summed E-state index contributed by atoms with van der Waals surface area (Å²) in [5.41, 5.74) is 4.07. The zero-order chi connectivity index (χ0) is 13.6. The molecule has 0 aromatic heterocycles. The van der Waals surface area contributed by atoms with Gasteiger partial charge in [-0.05, 0) is 49.0 Å². The van der Waals surface area contributed by atoms with Crippen LogP contribution in [0.4, 0.5) is 0 Å². The number of piperidine rings is 1. The lowest BCUT2D eigenvalue weighted by atomic mass is 10.0. The largest absolute Gasteiger partial charge is 0.303 e. The third kappa shape index (κ3) is 3.49. The Morgan fingerprint density at radius 1 is 0.700 bits per heavy atom. The van der Waals surface area contributed by atoms with E-state index in [1.807, 2.05) is 0 Å². The minimum Gasteiger partial charge on any atom is -0.303 e. The highest BCUT2D eigenvalue weighted by atomic mass is 15.1. The summed E-state index contributed by atoms with van der Waals surface area (Å²) in [5.74, 6) is 0. The van der Waals surface area contributed by atoms with Crippen LogP contribution in [0.2, 0.25) is 0 Å². The molecule has 1 aliphatic rings. The first-order valence-corrected chi connectivity index (χ1v) is 7.78. The monoisotopic (exact) mass is 265 g/mol. The molecule has 0 bridgehead atoms. The molecular weight excluding hydrogens is 242 g/mol. The second-order valence-electron chi connectivity index (χ2n) is 5.72. The summed E-state index contributed by atoms with van der Waals surface area (Å²) in [6.07, 6.45) is 5.36. The Labute approximate surface area is 122 Å². The van der Waals surface area contributed by atoms with Crippen molar-refractivity contribution < 1.29 is 0 Å². The normalized spacial score (nSPS) is 16.2. The van der Waals surface area contributed by atoms with Crippen LogP contribution in [0.25, 0.3) is 11.1 Å². The van der Waals surface area contributed by atoms with Gasteiger partial charge in [0.2, 0.25) is 0 Å². The number of hydrogen-bond donors (Lipinski definition) is 0. The highest BCUT2D eigenvalue weighted by Crippen LogP contribution is 2.19. The van der Waals surface area contributed by atoms with Crippen molar-refractivity contribution in [1.29, 1.82) is 0 Å². The van der Waals surface area contributed by atoms with Crippen LogP contribution in [0.5, 0.6) is 0 Å². The van der Waals surface area contributed by atoms with Gasteiger partial charge in [0.15, 0.2) is 0 Å². The minimum absolute atomic E-state index is 1.18. The second kappa shape index (κ2) is 6.71. The van der Waals surface area contributed by atoms with Crippen LogP contribution in [0, 0.1) is 0 Å². The molecule has 2 aromatic rings. The lowest BCUT2D eigenvalue weighted by molar-refractivity contribution is 0.231. The van der Waals surface area contributed by atoms with Crippen LogP contribution in [0.15, 0.2) is 54.6 Å². The van der Waals surface area contributed by atoms with Gasteiger partial charge in [0.05, 0.1) is 0 Å². The van der Waals surface area contributed by atoms with Crippen LogP contribution in [0.3, 0.4) is 0 Å². The molecule has 104 valence electrons. The molecular formula is C19H23N. The molecule has 20 heavy (non-hydrogen) atoms. The van der Waals surface area contributed by atoms with E-state index in [1.165, 1.54) is 62.0 Å². The molecule has 0 aliphatic carbocycles. The zero-order valence-electron chi connectivity index (χ0n) is 12.1. The number of hydrogen-bond acceptors (Lipinski definition) is 1. The summed E-state index contributed by atoms with van der Waals surface area (Å²) in [5, 5.41) is 0. The van der Waals surface area contributed by atoms with E-state index >= 15 is 0 Å². The van der Waals surface area contributed by atoms with Gasteiger partial charge in [-0.1, -0.05) is 61.0 Å². The van der Waals surface area contributed by atoms with E-state index in [4.69, 9.17) is 0 Å². The molecule has 0 unspecified atom stereocenters. The number of likely N-dealkylation sites (tertiary alicyclic amines) is 1. The maximum absolute atomic E-state index is 2.61. The van der Waals surface area contributed by atoms with Gasteiger partial charge in [-0.15, -0.1) is 0 Å². The smallest absolute Gasteiger partial charge is 0.00218 e. The van der Waals surface area contributed by atoms with Crippen LogP contribution < -0.4 is 0 Å². The van der Waals surface area contributed by atoms with E-state index in [0.717, 1.165) is 0 Å². The van der Waals surface area contributed by atoms with Crippen LogP contribution in [-0.4, -0.2) is 24.5 Å². The van der Waals surface area contributed by atoms with Crippen LogP contribution in [-0.2, 0) is 6.42 Å². The minimum atomic E-state index is 1.18. The fourth-order valence-corrected chi connectivity index (χ4v) is 2.96. The van der Waals surface area contributed by atoms with Crippen molar-refractivity contribution in [2.75, 3.05) is 19.6 Å². The third-order valence-electron chi connectivity index (χ3n) is 4.23. The van der Waals surface area contributed by atoms with Gasteiger partial charge in [-0.25, -0.2) is 0 Å². The van der Waals surface area contributed by atoms with Crippen molar-refractivity contribution in [1.82, 2.24) is 4.90 Å². The molecule has 0 N–H and O–H groups in total. The topological polar surface area (TPSA) is 3.24 Å². The SMILES string of the molecule is c1ccc(-c2ccc(CCN3CCCCC3)cc2)cc1. The molecule has 2 aromatic carbocycles. The molecule has 0 saturated carbocycles. The summed E-state index contributed by atoms with van der Waals surface area (Å²) in [6.45, 7) is 3.80. The van der Waals surface area contributed by atoms with Gasteiger partial charge >= 0.3 is 0 Å². The molecule has 0 radical (unpaired) electrons. The van der Waals surface area contributed by atoms with Crippen LogP contribution >= 0.6 is 0 Å². The maximum atomic E-state index is 2.61. The molecule has 0 atom stereocenters. The Balaban J connectivity index is 1.58. The van der Waals surface area contributed by atoms with Gasteiger partial charge in [0.25, 0.3) is 0 Å². The first-order valence-electron chi connectivity index (χ1n) is 7.78. The molecule has 1 heterocycles. The Kier molecular flexibility index (Phi) is 4.49. The summed E-state index contributed by atoms with van der Waals surface area (Å²) in [6, 6.07) is 19.7. The van der Waals surface area contributed by atoms with E-state index in [0.29, 0.717) is 0 Å². The second-order valence-corrected chi connectivity index (χ2v) is 5.72. The van der Waals surface area contributed by atoms with Gasteiger partial charge < -0.3 is 4.90 Å². The lowest BCUT2D eigenvalue weighted by Crippen LogP contribution is -2.31. The van der Waals surface area contributed by atoms with Gasteiger partial charge in [0.1, 0.15) is 0 Å². The van der Waals surface area contributed by atoms with Gasteiger partial charge in [-0.3, -0.25) is 0 Å². The average Bonchev–Trinajstić information content (AvgIpc) is 2.55. The summed E-state index contributed by atoms with van der Waals surface area (Å²) in [7, 11) is 0. The zero-order valence-corrected chi connectivity index (χ0v) is 12.1. The van der Waals surface area contributed by atoms with Crippen LogP contribution in [0.1, 0.15) is 24.8 Å². The maximum Gasteiger partial charge on any atom is 0.00218 e. The summed E-state index contributed by atoms with van der Waals surface area (Å²) >= 11 is 0. The first-order chi connectivity index (χ1) is 9.92. The van der Waals surface area contributed by atoms with Gasteiger partial charge in [-0.2, -0.15) is 0 Å². The molecule has 1 saturated heterocycles. The van der Waals surface area contributed by atoms with Crippen molar-refractivity contribution in [3.05, 3.63) is 60.2 Å².